The Labute approximate surface area is 187 Å². The molecule has 1 saturated heterocycles. The van der Waals surface area contributed by atoms with E-state index in [0.29, 0.717) is 12.0 Å². The molecule has 31 heavy (non-hydrogen) atoms. The van der Waals surface area contributed by atoms with Crippen molar-refractivity contribution in [3.63, 3.8) is 0 Å². The molecule has 0 N–H and O–H groups in total. The van der Waals surface area contributed by atoms with Gasteiger partial charge < -0.3 is 28.3 Å². The Morgan fingerprint density at radius 2 is 1.68 bits per heavy atom. The van der Waals surface area contributed by atoms with Crippen LogP contribution in [0.2, 0.25) is 0 Å². The highest BCUT2D eigenvalue weighted by molar-refractivity contribution is 6.62. The van der Waals surface area contributed by atoms with Crippen molar-refractivity contribution in [3.05, 3.63) is 18.3 Å². The molecule has 0 atom stereocenters. The lowest BCUT2D eigenvalue weighted by atomic mass is 9.80. The Hall–Kier alpha value is -1.19. The first-order valence-electron chi connectivity index (χ1n) is 11.4. The molecule has 1 saturated carbocycles. The molecular formula is C23H38BNO6. The molecule has 8 heteroatoms. The molecule has 2 aliphatic rings. The van der Waals surface area contributed by atoms with E-state index in [4.69, 9.17) is 28.3 Å². The van der Waals surface area contributed by atoms with Gasteiger partial charge in [-0.1, -0.05) is 12.5 Å². The SMILES string of the molecule is COC(CCCCCO[C@H]1C[C@H](Oc2ccc(B3OC(C)(C)C(C)(C)O3)cn2)C1)OC. The zero-order chi connectivity index (χ0) is 22.5. The van der Waals surface area contributed by atoms with Crippen LogP contribution in [0.25, 0.3) is 0 Å². The Bertz CT molecular complexity index is 657. The second-order valence-electron chi connectivity index (χ2n) is 9.47. The van der Waals surface area contributed by atoms with Crippen molar-refractivity contribution in [3.8, 4) is 5.88 Å². The summed E-state index contributed by atoms with van der Waals surface area (Å²) in [7, 11) is 2.95. The number of methoxy groups -OCH3 is 2. The Balaban J connectivity index is 1.30. The van der Waals surface area contributed by atoms with E-state index in [1.165, 1.54) is 0 Å². The minimum atomic E-state index is -0.400. The minimum Gasteiger partial charge on any atom is -0.474 e. The van der Waals surface area contributed by atoms with Crippen molar-refractivity contribution >= 4 is 12.6 Å². The van der Waals surface area contributed by atoms with Crippen LogP contribution >= 0.6 is 0 Å². The number of rotatable bonds is 12. The van der Waals surface area contributed by atoms with Crippen molar-refractivity contribution in [1.82, 2.24) is 4.98 Å². The van der Waals surface area contributed by atoms with E-state index in [-0.39, 0.29) is 23.6 Å². The van der Waals surface area contributed by atoms with E-state index in [9.17, 15) is 0 Å². The van der Waals surface area contributed by atoms with E-state index < -0.39 is 7.12 Å². The summed E-state index contributed by atoms with van der Waals surface area (Å²) < 4.78 is 34.4. The number of pyridine rings is 1. The first-order chi connectivity index (χ1) is 14.7. The standard InChI is InChI=1S/C23H38BNO6/c1-22(2)23(3,4)31-24(30-22)17-11-12-20(25-16-17)29-19-14-18(15-19)28-13-9-7-8-10-21(26-5)27-6/h11-12,16,18-19,21H,7-10,13-15H2,1-6H3/t18-,19-. The number of unbranched alkanes of at least 4 members (excludes halogenated alkanes) is 2. The third-order valence-electron chi connectivity index (χ3n) is 6.59. The van der Waals surface area contributed by atoms with Gasteiger partial charge in [0.05, 0.1) is 17.3 Å². The largest absolute Gasteiger partial charge is 0.496 e. The molecule has 1 aliphatic carbocycles. The maximum absolute atomic E-state index is 6.07. The number of nitrogens with zero attached hydrogens (tertiary/aromatic N) is 1. The first kappa shape index (κ1) is 24.5. The van der Waals surface area contributed by atoms with Crippen LogP contribution in [0.1, 0.15) is 66.2 Å². The lowest BCUT2D eigenvalue weighted by Crippen LogP contribution is -2.41. The normalized spacial score (nSPS) is 24.4. The van der Waals surface area contributed by atoms with Crippen molar-refractivity contribution in [1.29, 1.82) is 0 Å². The highest BCUT2D eigenvalue weighted by Crippen LogP contribution is 2.36. The average molecular weight is 435 g/mol. The van der Waals surface area contributed by atoms with Crippen LogP contribution in [0, 0.1) is 0 Å². The zero-order valence-electron chi connectivity index (χ0n) is 19.9. The Morgan fingerprint density at radius 3 is 2.26 bits per heavy atom. The van der Waals surface area contributed by atoms with Gasteiger partial charge >= 0.3 is 7.12 Å². The van der Waals surface area contributed by atoms with Crippen LogP contribution < -0.4 is 10.2 Å². The van der Waals surface area contributed by atoms with Crippen molar-refractivity contribution < 1.29 is 28.3 Å². The van der Waals surface area contributed by atoms with Crippen molar-refractivity contribution in [2.75, 3.05) is 20.8 Å². The molecule has 0 spiro atoms. The molecule has 1 aromatic rings. The zero-order valence-corrected chi connectivity index (χ0v) is 19.9. The summed E-state index contributed by atoms with van der Waals surface area (Å²) in [5.74, 6) is 0.634. The number of aromatic nitrogens is 1. The van der Waals surface area contributed by atoms with E-state index in [2.05, 4.69) is 4.98 Å². The molecule has 0 bridgehead atoms. The van der Waals surface area contributed by atoms with Gasteiger partial charge in [0.15, 0.2) is 6.29 Å². The van der Waals surface area contributed by atoms with Crippen molar-refractivity contribution in [2.45, 2.75) is 95.9 Å². The lowest BCUT2D eigenvalue weighted by molar-refractivity contribution is -0.107. The Morgan fingerprint density at radius 1 is 1.00 bits per heavy atom. The minimum absolute atomic E-state index is 0.0926. The predicted molar refractivity (Wildman–Crippen MR) is 120 cm³/mol. The van der Waals surface area contributed by atoms with Crippen molar-refractivity contribution in [2.24, 2.45) is 0 Å². The highest BCUT2D eigenvalue weighted by atomic mass is 16.7. The molecule has 0 amide bonds. The van der Waals surface area contributed by atoms with Gasteiger partial charge in [-0.05, 0) is 53.0 Å². The van der Waals surface area contributed by atoms with Crippen LogP contribution in [-0.4, -0.2) is 62.6 Å². The maximum Gasteiger partial charge on any atom is 0.496 e. The molecular weight excluding hydrogens is 397 g/mol. The molecule has 2 fully saturated rings. The van der Waals surface area contributed by atoms with Gasteiger partial charge in [-0.3, -0.25) is 0 Å². The van der Waals surface area contributed by atoms with Crippen LogP contribution in [0.4, 0.5) is 0 Å². The molecule has 1 aliphatic heterocycles. The van der Waals surface area contributed by atoms with Gasteiger partial charge in [0, 0.05) is 45.3 Å². The smallest absolute Gasteiger partial charge is 0.474 e. The third-order valence-corrected chi connectivity index (χ3v) is 6.59. The summed E-state index contributed by atoms with van der Waals surface area (Å²) in [4.78, 5) is 4.45. The van der Waals surface area contributed by atoms with Crippen LogP contribution in [0.5, 0.6) is 5.88 Å². The van der Waals surface area contributed by atoms with Gasteiger partial charge in [-0.2, -0.15) is 0 Å². The maximum atomic E-state index is 6.07. The summed E-state index contributed by atoms with van der Waals surface area (Å²) in [6.45, 7) is 8.98. The molecule has 0 aromatic carbocycles. The predicted octanol–water partition coefficient (Wildman–Crippen LogP) is 3.49. The first-order valence-corrected chi connectivity index (χ1v) is 11.4. The van der Waals surface area contributed by atoms with E-state index in [1.807, 2.05) is 39.8 Å². The van der Waals surface area contributed by atoms with E-state index in [0.717, 1.165) is 50.6 Å². The fraction of sp³-hybridized carbons (Fsp3) is 0.783. The quantitative estimate of drug-likeness (QED) is 0.283. The van der Waals surface area contributed by atoms with Gasteiger partial charge in [0.1, 0.15) is 6.10 Å². The van der Waals surface area contributed by atoms with Gasteiger partial charge in [0.25, 0.3) is 0 Å². The summed E-state index contributed by atoms with van der Waals surface area (Å²) in [6.07, 6.45) is 8.16. The number of ether oxygens (including phenoxy) is 4. The topological polar surface area (TPSA) is 68.3 Å². The summed E-state index contributed by atoms with van der Waals surface area (Å²) in [5.41, 5.74) is 0.191. The molecule has 3 rings (SSSR count). The van der Waals surface area contributed by atoms with E-state index >= 15 is 0 Å². The molecule has 174 valence electrons. The van der Waals surface area contributed by atoms with Crippen LogP contribution in [0.15, 0.2) is 18.3 Å². The van der Waals surface area contributed by atoms with Crippen LogP contribution in [-0.2, 0) is 23.5 Å². The fourth-order valence-electron chi connectivity index (χ4n) is 3.67. The molecule has 1 aromatic heterocycles. The Kier molecular flexibility index (Phi) is 8.38. The molecule has 0 radical (unpaired) electrons. The number of hydrogen-bond acceptors (Lipinski definition) is 7. The van der Waals surface area contributed by atoms with Gasteiger partial charge in [0.2, 0.25) is 5.88 Å². The summed E-state index contributed by atoms with van der Waals surface area (Å²) >= 11 is 0. The molecule has 7 nitrogen and oxygen atoms in total. The van der Waals surface area contributed by atoms with E-state index in [1.54, 1.807) is 20.4 Å². The molecule has 0 unspecified atom stereocenters. The lowest BCUT2D eigenvalue weighted by Gasteiger charge is -2.34. The van der Waals surface area contributed by atoms with Gasteiger partial charge in [-0.25, -0.2) is 4.98 Å². The summed E-state index contributed by atoms with van der Waals surface area (Å²) in [5, 5.41) is 0. The fourth-order valence-corrected chi connectivity index (χ4v) is 3.67. The monoisotopic (exact) mass is 435 g/mol. The second-order valence-corrected chi connectivity index (χ2v) is 9.47. The summed E-state index contributed by atoms with van der Waals surface area (Å²) in [6, 6.07) is 3.86. The molecule has 2 heterocycles. The second kappa shape index (κ2) is 10.6. The number of hydrogen-bond donors (Lipinski definition) is 0. The third kappa shape index (κ3) is 6.42. The van der Waals surface area contributed by atoms with Gasteiger partial charge in [-0.15, -0.1) is 0 Å². The highest BCUT2D eigenvalue weighted by Gasteiger charge is 2.51. The average Bonchev–Trinajstić information content (AvgIpc) is 2.92. The van der Waals surface area contributed by atoms with Crippen LogP contribution in [0.3, 0.4) is 0 Å².